The Bertz CT molecular complexity index is 288. The van der Waals surface area contributed by atoms with Crippen LogP contribution < -0.4 is 0 Å². The van der Waals surface area contributed by atoms with E-state index in [0.717, 1.165) is 6.42 Å². The zero-order valence-corrected chi connectivity index (χ0v) is 10.5. The Morgan fingerprint density at radius 1 is 1.59 bits per heavy atom. The molecular weight excluding hydrogens is 220 g/mol. The summed E-state index contributed by atoms with van der Waals surface area (Å²) in [4.78, 5) is 14.0. The van der Waals surface area contributed by atoms with E-state index in [9.17, 15) is 4.79 Å². The first kappa shape index (κ1) is 13.9. The topological polar surface area (TPSA) is 62.6 Å². The Labute approximate surface area is 102 Å². The monoisotopic (exact) mass is 240 g/mol. The van der Waals surface area contributed by atoms with Gasteiger partial charge in [0.25, 0.3) is 0 Å². The van der Waals surface area contributed by atoms with Crippen LogP contribution in [-0.2, 0) is 14.3 Å². The molecule has 1 fully saturated rings. The van der Waals surface area contributed by atoms with Gasteiger partial charge in [-0.25, -0.2) is 0 Å². The van der Waals surface area contributed by atoms with E-state index >= 15 is 0 Å². The van der Waals surface area contributed by atoms with Gasteiger partial charge in [0.05, 0.1) is 31.1 Å². The zero-order valence-electron chi connectivity index (χ0n) is 10.5. The summed E-state index contributed by atoms with van der Waals surface area (Å²) >= 11 is 0. The molecule has 0 saturated carbocycles. The Morgan fingerprint density at radius 2 is 2.35 bits per heavy atom. The quantitative estimate of drug-likeness (QED) is 0.689. The number of carbonyl (C=O) groups excluding carboxylic acids is 1. The third-order valence-corrected chi connectivity index (χ3v) is 3.06. The van der Waals surface area contributed by atoms with E-state index in [-0.39, 0.29) is 17.9 Å². The van der Waals surface area contributed by atoms with E-state index in [0.29, 0.717) is 32.7 Å². The highest BCUT2D eigenvalue weighted by molar-refractivity contribution is 5.79. The summed E-state index contributed by atoms with van der Waals surface area (Å²) in [6.45, 7) is 4.09. The van der Waals surface area contributed by atoms with E-state index in [1.807, 2.05) is 6.92 Å². The number of hydrogen-bond acceptors (Lipinski definition) is 4. The summed E-state index contributed by atoms with van der Waals surface area (Å²) in [6, 6.07) is 2.07. The van der Waals surface area contributed by atoms with Crippen LogP contribution >= 0.6 is 0 Å². The molecule has 0 aromatic carbocycles. The molecule has 1 aliphatic rings. The first-order valence-electron chi connectivity index (χ1n) is 5.97. The average Bonchev–Trinajstić information content (AvgIpc) is 2.75. The highest BCUT2D eigenvalue weighted by atomic mass is 16.5. The number of nitriles is 1. The van der Waals surface area contributed by atoms with Gasteiger partial charge in [-0.05, 0) is 13.3 Å². The van der Waals surface area contributed by atoms with Crippen LogP contribution in [0.15, 0.2) is 0 Å². The van der Waals surface area contributed by atoms with Gasteiger partial charge >= 0.3 is 0 Å². The van der Waals surface area contributed by atoms with Crippen molar-refractivity contribution in [2.24, 2.45) is 5.92 Å². The fourth-order valence-electron chi connectivity index (χ4n) is 2.01. The van der Waals surface area contributed by atoms with Crippen molar-refractivity contribution in [3.05, 3.63) is 0 Å². The molecule has 0 bridgehead atoms. The van der Waals surface area contributed by atoms with Gasteiger partial charge in [0, 0.05) is 26.8 Å². The molecule has 1 aliphatic heterocycles. The van der Waals surface area contributed by atoms with Crippen molar-refractivity contribution < 1.29 is 14.3 Å². The molecule has 1 saturated heterocycles. The molecule has 96 valence electrons. The van der Waals surface area contributed by atoms with Crippen LogP contribution in [0.4, 0.5) is 0 Å². The molecule has 0 aromatic heterocycles. The second-order valence-corrected chi connectivity index (χ2v) is 4.20. The number of nitrogens with zero attached hydrogens (tertiary/aromatic N) is 2. The normalized spacial score (nSPS) is 23.4. The molecule has 2 atom stereocenters. The van der Waals surface area contributed by atoms with Crippen LogP contribution in [0.5, 0.6) is 0 Å². The largest absolute Gasteiger partial charge is 0.383 e. The minimum absolute atomic E-state index is 0.0189. The Kier molecular flexibility index (Phi) is 5.95. The summed E-state index contributed by atoms with van der Waals surface area (Å²) in [5.74, 6) is 0.0212. The van der Waals surface area contributed by atoms with Crippen LogP contribution in [-0.4, -0.2) is 50.3 Å². The maximum Gasteiger partial charge on any atom is 0.228 e. The van der Waals surface area contributed by atoms with Gasteiger partial charge in [-0.2, -0.15) is 5.26 Å². The van der Waals surface area contributed by atoms with Gasteiger partial charge in [-0.3, -0.25) is 4.79 Å². The maximum atomic E-state index is 12.2. The van der Waals surface area contributed by atoms with Crippen molar-refractivity contribution in [3.8, 4) is 6.07 Å². The van der Waals surface area contributed by atoms with E-state index in [4.69, 9.17) is 14.7 Å². The molecule has 0 aliphatic carbocycles. The number of methoxy groups -OCH3 is 1. The Hall–Kier alpha value is -1.12. The van der Waals surface area contributed by atoms with E-state index in [2.05, 4.69) is 6.07 Å². The minimum atomic E-state index is -0.0643. The van der Waals surface area contributed by atoms with Crippen molar-refractivity contribution in [1.82, 2.24) is 4.90 Å². The van der Waals surface area contributed by atoms with Gasteiger partial charge < -0.3 is 14.4 Å². The molecule has 5 nitrogen and oxygen atoms in total. The van der Waals surface area contributed by atoms with Gasteiger partial charge in [-0.15, -0.1) is 0 Å². The number of amides is 1. The fraction of sp³-hybridized carbons (Fsp3) is 0.833. The molecule has 0 aromatic rings. The molecule has 0 radical (unpaired) electrons. The molecule has 1 heterocycles. The van der Waals surface area contributed by atoms with E-state index < -0.39 is 0 Å². The predicted octanol–water partition coefficient (Wildman–Crippen LogP) is 0.800. The van der Waals surface area contributed by atoms with E-state index in [1.165, 1.54) is 0 Å². The highest BCUT2D eigenvalue weighted by Crippen LogP contribution is 2.22. The van der Waals surface area contributed by atoms with Crippen LogP contribution in [0.1, 0.15) is 19.8 Å². The number of rotatable bonds is 6. The second kappa shape index (κ2) is 7.25. The SMILES string of the molecule is COCCN(CCC#N)C(=O)C1CCOC1C. The standard InChI is InChI=1S/C12H20N2O3/c1-10-11(4-8-17-10)12(15)14(6-3-5-13)7-9-16-2/h10-11H,3-4,6-9H2,1-2H3. The molecule has 0 N–H and O–H groups in total. The maximum absolute atomic E-state index is 12.2. The highest BCUT2D eigenvalue weighted by Gasteiger charge is 2.33. The summed E-state index contributed by atoms with van der Waals surface area (Å²) < 4.78 is 10.4. The first-order valence-corrected chi connectivity index (χ1v) is 5.97. The van der Waals surface area contributed by atoms with Crippen LogP contribution in [0, 0.1) is 17.2 Å². The lowest BCUT2D eigenvalue weighted by atomic mass is 10.0. The first-order chi connectivity index (χ1) is 8.20. The summed E-state index contributed by atoms with van der Waals surface area (Å²) in [5.41, 5.74) is 0. The zero-order chi connectivity index (χ0) is 12.7. The van der Waals surface area contributed by atoms with Gasteiger partial charge in [0.2, 0.25) is 5.91 Å². The third-order valence-electron chi connectivity index (χ3n) is 3.06. The second-order valence-electron chi connectivity index (χ2n) is 4.20. The Morgan fingerprint density at radius 3 is 2.88 bits per heavy atom. The third kappa shape index (κ3) is 3.99. The van der Waals surface area contributed by atoms with Gasteiger partial charge in [-0.1, -0.05) is 0 Å². The van der Waals surface area contributed by atoms with Gasteiger partial charge in [0.15, 0.2) is 0 Å². The summed E-state index contributed by atoms with van der Waals surface area (Å²) in [6.07, 6.45) is 1.11. The van der Waals surface area contributed by atoms with Crippen molar-refractivity contribution in [1.29, 1.82) is 5.26 Å². The summed E-state index contributed by atoms with van der Waals surface area (Å²) in [7, 11) is 1.61. The molecular formula is C12H20N2O3. The van der Waals surface area contributed by atoms with E-state index in [1.54, 1.807) is 12.0 Å². The van der Waals surface area contributed by atoms with Crippen molar-refractivity contribution in [2.75, 3.05) is 33.4 Å². The smallest absolute Gasteiger partial charge is 0.228 e. The minimum Gasteiger partial charge on any atom is -0.383 e. The molecule has 1 rings (SSSR count). The molecule has 17 heavy (non-hydrogen) atoms. The summed E-state index contributed by atoms with van der Waals surface area (Å²) in [5, 5.41) is 8.60. The lowest BCUT2D eigenvalue weighted by molar-refractivity contribution is -0.137. The fourth-order valence-corrected chi connectivity index (χ4v) is 2.01. The lowest BCUT2D eigenvalue weighted by Crippen LogP contribution is -2.41. The van der Waals surface area contributed by atoms with Crippen molar-refractivity contribution in [3.63, 3.8) is 0 Å². The predicted molar refractivity (Wildman–Crippen MR) is 62.2 cm³/mol. The van der Waals surface area contributed by atoms with Gasteiger partial charge in [0.1, 0.15) is 0 Å². The van der Waals surface area contributed by atoms with Crippen molar-refractivity contribution >= 4 is 5.91 Å². The van der Waals surface area contributed by atoms with Crippen molar-refractivity contribution in [2.45, 2.75) is 25.9 Å². The number of hydrogen-bond donors (Lipinski definition) is 0. The number of ether oxygens (including phenoxy) is 2. The number of carbonyl (C=O) groups is 1. The van der Waals surface area contributed by atoms with Crippen LogP contribution in [0.3, 0.4) is 0 Å². The lowest BCUT2D eigenvalue weighted by Gasteiger charge is -2.25. The molecule has 1 amide bonds. The Balaban J connectivity index is 2.54. The van der Waals surface area contributed by atoms with Crippen LogP contribution in [0.2, 0.25) is 0 Å². The average molecular weight is 240 g/mol. The van der Waals surface area contributed by atoms with Crippen LogP contribution in [0.25, 0.3) is 0 Å². The molecule has 2 unspecified atom stereocenters. The molecule has 5 heteroatoms. The molecule has 0 spiro atoms.